The lowest BCUT2D eigenvalue weighted by Crippen LogP contribution is -2.51. The van der Waals surface area contributed by atoms with Gasteiger partial charge < -0.3 is 45.9 Å². The number of carbonyl (C=O) groups is 5. The van der Waals surface area contributed by atoms with Crippen molar-refractivity contribution in [1.82, 2.24) is 26.6 Å². The summed E-state index contributed by atoms with van der Waals surface area (Å²) in [4.78, 5) is 60.0. The van der Waals surface area contributed by atoms with Crippen LogP contribution < -0.4 is 26.6 Å². The van der Waals surface area contributed by atoms with Gasteiger partial charge in [-0.3, -0.25) is 4.79 Å². The highest BCUT2D eigenvalue weighted by Gasteiger charge is 2.24. The molecule has 0 aromatic rings. The van der Waals surface area contributed by atoms with Crippen molar-refractivity contribution in [2.24, 2.45) is 0 Å². The van der Waals surface area contributed by atoms with Crippen LogP contribution in [0.5, 0.6) is 0 Å². The van der Waals surface area contributed by atoms with E-state index < -0.39 is 59.2 Å². The lowest BCUT2D eigenvalue weighted by Gasteiger charge is -2.25. The van der Waals surface area contributed by atoms with Gasteiger partial charge in [0.25, 0.3) is 0 Å². The topological polar surface area (TPSA) is 193 Å². The van der Waals surface area contributed by atoms with Gasteiger partial charge in [0.15, 0.2) is 0 Å². The molecule has 0 aliphatic rings. The molecule has 14 nitrogen and oxygen atoms in total. The average Bonchev–Trinajstić information content (AvgIpc) is 2.72. The number of alkyl carbamates (subject to hydrolysis) is 3. The fourth-order valence-electron chi connectivity index (χ4n) is 3.13. The Hall–Kier alpha value is -3.45. The van der Waals surface area contributed by atoms with Crippen LogP contribution >= 0.6 is 0 Å². The van der Waals surface area contributed by atoms with Crippen molar-refractivity contribution in [3.05, 3.63) is 0 Å². The van der Waals surface area contributed by atoms with Crippen LogP contribution in [0.3, 0.4) is 0 Å². The number of carbonyl (C=O) groups excluding carboxylic acids is 4. The number of amides is 5. The number of rotatable bonds is 13. The zero-order valence-electron chi connectivity index (χ0n) is 25.3. The lowest BCUT2D eigenvalue weighted by atomic mass is 10.1. The smallest absolute Gasteiger partial charge is 0.407 e. The minimum atomic E-state index is -1.38. The highest BCUT2D eigenvalue weighted by atomic mass is 16.6. The van der Waals surface area contributed by atoms with Gasteiger partial charge in [-0.05, 0) is 88.0 Å². The number of hydrogen-bond acceptors (Lipinski definition) is 8. The molecule has 40 heavy (non-hydrogen) atoms. The second-order valence-electron chi connectivity index (χ2n) is 12.2. The van der Waals surface area contributed by atoms with Crippen molar-refractivity contribution in [1.29, 1.82) is 0 Å². The van der Waals surface area contributed by atoms with Crippen molar-refractivity contribution in [3.8, 4) is 0 Å². The maximum absolute atomic E-state index is 12.8. The summed E-state index contributed by atoms with van der Waals surface area (Å²) >= 11 is 0. The van der Waals surface area contributed by atoms with Crippen LogP contribution in [-0.2, 0) is 19.0 Å². The van der Waals surface area contributed by atoms with Crippen molar-refractivity contribution in [2.45, 2.75) is 117 Å². The van der Waals surface area contributed by atoms with E-state index in [-0.39, 0.29) is 26.1 Å². The quantitative estimate of drug-likeness (QED) is 0.141. The molecular formula is C26H49N5O9. The molecule has 0 saturated heterocycles. The Morgan fingerprint density at radius 1 is 0.625 bits per heavy atom. The largest absolute Gasteiger partial charge is 0.465 e. The first-order chi connectivity index (χ1) is 18.2. The van der Waals surface area contributed by atoms with Gasteiger partial charge in [0.2, 0.25) is 5.91 Å². The van der Waals surface area contributed by atoms with Gasteiger partial charge in [-0.15, -0.1) is 0 Å². The number of hydrogen-bond donors (Lipinski definition) is 6. The molecule has 0 aliphatic carbocycles. The summed E-state index contributed by atoms with van der Waals surface area (Å²) in [6.45, 7) is 16.0. The highest BCUT2D eigenvalue weighted by Crippen LogP contribution is 2.09. The average molecular weight is 576 g/mol. The number of nitrogens with one attached hydrogen (secondary N) is 5. The Morgan fingerprint density at radius 3 is 1.48 bits per heavy atom. The SMILES string of the molecule is CC(C)(C)OC(=O)NCCC[C@@H](CNC(=O)[C@H](CCCNC(=O)OC(C)(C)C)NC(=O)O)NC(=O)OC(C)(C)C. The van der Waals surface area contributed by atoms with E-state index in [1.54, 1.807) is 62.3 Å². The normalized spacial score (nSPS) is 13.2. The van der Waals surface area contributed by atoms with Crippen molar-refractivity contribution in [3.63, 3.8) is 0 Å². The first kappa shape index (κ1) is 36.5. The predicted octanol–water partition coefficient (Wildman–Crippen LogP) is 3.24. The Bertz CT molecular complexity index is 845. The Balaban J connectivity index is 5.02. The van der Waals surface area contributed by atoms with Crippen LogP contribution in [0.25, 0.3) is 0 Å². The maximum atomic E-state index is 12.8. The molecule has 0 unspecified atom stereocenters. The van der Waals surface area contributed by atoms with Crippen LogP contribution in [0.1, 0.15) is 88.0 Å². The highest BCUT2D eigenvalue weighted by molar-refractivity contribution is 5.85. The molecule has 0 rings (SSSR count). The van der Waals surface area contributed by atoms with E-state index in [4.69, 9.17) is 19.3 Å². The molecule has 0 fully saturated rings. The van der Waals surface area contributed by atoms with Gasteiger partial charge in [0.1, 0.15) is 22.8 Å². The summed E-state index contributed by atoms with van der Waals surface area (Å²) in [5.41, 5.74) is -2.03. The molecule has 0 saturated carbocycles. The summed E-state index contributed by atoms with van der Waals surface area (Å²) in [6, 6.07) is -1.66. The van der Waals surface area contributed by atoms with Gasteiger partial charge >= 0.3 is 24.4 Å². The zero-order valence-corrected chi connectivity index (χ0v) is 25.3. The number of ether oxygens (including phenoxy) is 3. The first-order valence-electron chi connectivity index (χ1n) is 13.4. The van der Waals surface area contributed by atoms with E-state index in [2.05, 4.69) is 26.6 Å². The van der Waals surface area contributed by atoms with Crippen molar-refractivity contribution < 1.29 is 43.3 Å². The molecule has 0 spiro atoms. The maximum Gasteiger partial charge on any atom is 0.407 e. The Kier molecular flexibility index (Phi) is 15.2. The molecule has 0 aromatic carbocycles. The van der Waals surface area contributed by atoms with E-state index in [1.807, 2.05) is 0 Å². The molecular weight excluding hydrogens is 526 g/mol. The van der Waals surface area contributed by atoms with Crippen LogP contribution in [0.15, 0.2) is 0 Å². The van der Waals surface area contributed by atoms with E-state index in [9.17, 15) is 24.0 Å². The van der Waals surface area contributed by atoms with Gasteiger partial charge in [-0.1, -0.05) is 0 Å². The molecule has 0 heterocycles. The molecule has 232 valence electrons. The third kappa shape index (κ3) is 21.5. The zero-order chi connectivity index (χ0) is 31.1. The molecule has 6 N–H and O–H groups in total. The van der Waals surface area contributed by atoms with Gasteiger partial charge in [-0.2, -0.15) is 0 Å². The van der Waals surface area contributed by atoms with Gasteiger partial charge in [0, 0.05) is 25.7 Å². The summed E-state index contributed by atoms with van der Waals surface area (Å²) < 4.78 is 15.6. The lowest BCUT2D eigenvalue weighted by molar-refractivity contribution is -0.123. The summed E-state index contributed by atoms with van der Waals surface area (Å²) in [5.74, 6) is -0.595. The molecule has 0 bridgehead atoms. The molecule has 14 heteroatoms. The molecule has 0 radical (unpaired) electrons. The molecule has 5 amide bonds. The van der Waals surface area contributed by atoms with E-state index in [1.165, 1.54) is 0 Å². The van der Waals surface area contributed by atoms with Gasteiger partial charge in [-0.25, -0.2) is 19.2 Å². The van der Waals surface area contributed by atoms with Crippen molar-refractivity contribution >= 4 is 30.3 Å². The van der Waals surface area contributed by atoms with Gasteiger partial charge in [0.05, 0.1) is 0 Å². The molecule has 0 aromatic heterocycles. The van der Waals surface area contributed by atoms with E-state index in [0.29, 0.717) is 19.3 Å². The number of carboxylic acid groups (broad SMARTS) is 1. The third-order valence-corrected chi connectivity index (χ3v) is 4.59. The van der Waals surface area contributed by atoms with E-state index >= 15 is 0 Å². The van der Waals surface area contributed by atoms with Crippen LogP contribution in [-0.4, -0.2) is 83.9 Å². The second kappa shape index (κ2) is 16.6. The van der Waals surface area contributed by atoms with Crippen LogP contribution in [0.4, 0.5) is 19.2 Å². The summed E-state index contributed by atoms with van der Waals surface area (Å²) in [7, 11) is 0. The molecule has 2 atom stereocenters. The second-order valence-corrected chi connectivity index (χ2v) is 12.2. The fraction of sp³-hybridized carbons (Fsp3) is 0.808. The minimum Gasteiger partial charge on any atom is -0.465 e. The van der Waals surface area contributed by atoms with Crippen LogP contribution in [0, 0.1) is 0 Å². The Morgan fingerprint density at radius 2 is 1.05 bits per heavy atom. The standard InChI is InChI=1S/C26H49N5O9/c1-24(2,3)38-21(35)27-14-10-12-17(30-23(37)40-26(7,8)9)16-29-19(32)18(31-20(33)34)13-11-15-28-22(36)39-25(4,5)6/h17-18,31H,10-16H2,1-9H3,(H,27,35)(H,28,36)(H,29,32)(H,30,37)(H,33,34)/t17-,18-/m0/s1. The monoisotopic (exact) mass is 575 g/mol. The Labute approximate surface area is 237 Å². The predicted molar refractivity (Wildman–Crippen MR) is 148 cm³/mol. The minimum absolute atomic E-state index is 0.0154. The first-order valence-corrected chi connectivity index (χ1v) is 13.4. The van der Waals surface area contributed by atoms with Crippen LogP contribution in [0.2, 0.25) is 0 Å². The third-order valence-electron chi connectivity index (χ3n) is 4.59. The van der Waals surface area contributed by atoms with E-state index in [0.717, 1.165) is 0 Å². The molecule has 0 aliphatic heterocycles. The summed E-state index contributed by atoms with van der Waals surface area (Å²) in [5, 5.41) is 21.9. The fourth-order valence-corrected chi connectivity index (χ4v) is 3.13. The summed E-state index contributed by atoms with van der Waals surface area (Å²) in [6.07, 6.45) is -2.02. The van der Waals surface area contributed by atoms with Crippen molar-refractivity contribution in [2.75, 3.05) is 19.6 Å².